The van der Waals surface area contributed by atoms with Gasteiger partial charge in [0.2, 0.25) is 0 Å². The van der Waals surface area contributed by atoms with E-state index < -0.39 is 42.3 Å². The van der Waals surface area contributed by atoms with Gasteiger partial charge in [-0.15, -0.1) is 0 Å². The van der Waals surface area contributed by atoms with Crippen molar-refractivity contribution in [3.63, 3.8) is 0 Å². The average Bonchev–Trinajstić information content (AvgIpc) is 3.30. The molecule has 0 radical (unpaired) electrons. The van der Waals surface area contributed by atoms with Crippen molar-refractivity contribution in [3.05, 3.63) is 76.9 Å². The number of aliphatic imine (C=N–C) groups is 1. The number of nitrogens with two attached hydrogens (primary N) is 1. The van der Waals surface area contributed by atoms with Crippen LogP contribution in [0.1, 0.15) is 72.6 Å². The van der Waals surface area contributed by atoms with Crippen LogP contribution in [0.5, 0.6) is 5.75 Å². The van der Waals surface area contributed by atoms with Crippen LogP contribution in [-0.2, 0) is 12.0 Å². The minimum atomic E-state index is -3.39. The highest BCUT2D eigenvalue weighted by atomic mass is 19.3. The Hall–Kier alpha value is -3.70. The molecular formula is C34H32F5N3O3. The molecule has 6 nitrogen and oxygen atoms in total. The van der Waals surface area contributed by atoms with Crippen LogP contribution in [0.25, 0.3) is 11.1 Å². The summed E-state index contributed by atoms with van der Waals surface area (Å²) < 4.78 is 74.8. The number of rotatable bonds is 5. The summed E-state index contributed by atoms with van der Waals surface area (Å²) in [4.78, 5) is 22.7. The SMILES string of the molecule is C[C@@H]1CC2CC(c3c(OC(F)F)cccc3C1=O)[C@@H]1Cc3cc(-c4cnc(C5(N)CC(O)(C(C)(F)F)C5)c(F)c4)ccc3N=C21. The fourth-order valence-corrected chi connectivity index (χ4v) is 8.04. The van der Waals surface area contributed by atoms with Gasteiger partial charge in [0, 0.05) is 60.2 Å². The zero-order valence-corrected chi connectivity index (χ0v) is 24.7. The van der Waals surface area contributed by atoms with E-state index in [1.807, 2.05) is 19.1 Å². The first kappa shape index (κ1) is 30.0. The molecule has 2 aromatic carbocycles. The Labute approximate surface area is 256 Å². The number of carbonyl (C=O) groups is 1. The lowest BCUT2D eigenvalue weighted by Crippen LogP contribution is -2.66. The molecule has 236 valence electrons. The third kappa shape index (κ3) is 4.77. The Kier molecular flexibility index (Phi) is 6.76. The highest BCUT2D eigenvalue weighted by Gasteiger charge is 2.64. The maximum atomic E-state index is 15.3. The number of nitrogens with zero attached hydrogens (tertiary/aromatic N) is 2. The first-order valence-electron chi connectivity index (χ1n) is 15.1. The number of aromatic nitrogens is 1. The van der Waals surface area contributed by atoms with Gasteiger partial charge >= 0.3 is 6.61 Å². The van der Waals surface area contributed by atoms with Gasteiger partial charge in [-0.05, 0) is 66.5 Å². The lowest BCUT2D eigenvalue weighted by atomic mass is 9.61. The van der Waals surface area contributed by atoms with E-state index in [1.54, 1.807) is 18.2 Å². The lowest BCUT2D eigenvalue weighted by molar-refractivity contribution is -0.234. The minimum Gasteiger partial charge on any atom is -0.435 e. The van der Waals surface area contributed by atoms with Crippen LogP contribution in [0, 0.1) is 23.6 Å². The van der Waals surface area contributed by atoms with E-state index in [2.05, 4.69) is 4.98 Å². The molecule has 2 heterocycles. The Bertz CT molecular complexity index is 1750. The number of Topliss-reactive ketones (excluding diaryl/α,β-unsaturated/α-hetero) is 1. The number of aliphatic hydroxyl groups is 1. The number of pyridine rings is 1. The van der Waals surface area contributed by atoms with Gasteiger partial charge < -0.3 is 15.6 Å². The Morgan fingerprint density at radius 2 is 1.84 bits per heavy atom. The molecule has 11 heteroatoms. The van der Waals surface area contributed by atoms with Crippen LogP contribution in [-0.4, -0.2) is 39.7 Å². The van der Waals surface area contributed by atoms with Crippen molar-refractivity contribution in [1.29, 1.82) is 0 Å². The van der Waals surface area contributed by atoms with Gasteiger partial charge in [0.25, 0.3) is 5.92 Å². The first-order chi connectivity index (χ1) is 21.2. The van der Waals surface area contributed by atoms with Crippen LogP contribution < -0.4 is 10.5 Å². The largest absolute Gasteiger partial charge is 0.435 e. The second-order valence-corrected chi connectivity index (χ2v) is 13.3. The minimum absolute atomic E-state index is 0.0152. The molecule has 4 atom stereocenters. The molecule has 3 aliphatic carbocycles. The monoisotopic (exact) mass is 625 g/mol. The zero-order chi connectivity index (χ0) is 32.1. The molecule has 7 rings (SSSR count). The molecule has 1 aliphatic heterocycles. The van der Waals surface area contributed by atoms with Crippen LogP contribution in [0.15, 0.2) is 53.7 Å². The summed E-state index contributed by atoms with van der Waals surface area (Å²) in [5.74, 6) is -4.90. The summed E-state index contributed by atoms with van der Waals surface area (Å²) in [6.45, 7) is -0.565. The summed E-state index contributed by atoms with van der Waals surface area (Å²) in [5.41, 5.74) is 6.81. The number of halogens is 5. The predicted molar refractivity (Wildman–Crippen MR) is 157 cm³/mol. The molecule has 45 heavy (non-hydrogen) atoms. The maximum absolute atomic E-state index is 15.3. The molecule has 2 unspecified atom stereocenters. The van der Waals surface area contributed by atoms with Gasteiger partial charge in [-0.3, -0.25) is 14.8 Å². The van der Waals surface area contributed by atoms with E-state index in [0.717, 1.165) is 17.0 Å². The number of alkyl halides is 4. The molecular weight excluding hydrogens is 593 g/mol. The summed E-state index contributed by atoms with van der Waals surface area (Å²) in [7, 11) is 0. The second kappa shape index (κ2) is 10.2. The quantitative estimate of drug-likeness (QED) is 0.295. The topological polar surface area (TPSA) is 97.8 Å². The summed E-state index contributed by atoms with van der Waals surface area (Å²) >= 11 is 0. The zero-order valence-electron chi connectivity index (χ0n) is 24.7. The lowest BCUT2D eigenvalue weighted by Gasteiger charge is -2.52. The smallest absolute Gasteiger partial charge is 0.387 e. The van der Waals surface area contributed by atoms with Crippen molar-refractivity contribution in [2.75, 3.05) is 0 Å². The van der Waals surface area contributed by atoms with Gasteiger partial charge in [-0.25, -0.2) is 13.2 Å². The molecule has 2 bridgehead atoms. The number of hydrogen-bond donors (Lipinski definition) is 2. The van der Waals surface area contributed by atoms with E-state index in [4.69, 9.17) is 15.5 Å². The number of ether oxygens (including phenoxy) is 1. The molecule has 3 N–H and O–H groups in total. The number of ketones is 1. The van der Waals surface area contributed by atoms with E-state index in [0.29, 0.717) is 48.4 Å². The standard InChI is InChI=1S/C34H32F5N3O3/c1-16-8-19-11-22(27-21(29(16)43)4-3-5-26(27)45-31(36)37)23-10-18-9-17(6-7-25(18)42-28(19)23)20-12-24(35)30(41-13-20)33(40)14-34(44,15-33)32(2,38)39/h3-7,9,12-13,16,19,22-23,31,44H,8,10-11,14-15,40H2,1-2H3/t16-,19?,22?,23+,33?,34?/m1/s1. The number of fused-ring (bicyclic) bond motifs is 8. The number of hydrogen-bond acceptors (Lipinski definition) is 6. The molecule has 0 saturated heterocycles. The highest BCUT2D eigenvalue weighted by Crippen LogP contribution is 2.55. The first-order valence-corrected chi connectivity index (χ1v) is 15.1. The molecule has 3 aromatic rings. The van der Waals surface area contributed by atoms with E-state index >= 15 is 4.39 Å². The number of carbonyl (C=O) groups excluding carboxylic acids is 1. The third-order valence-electron chi connectivity index (χ3n) is 10.3. The molecule has 0 spiro atoms. The maximum Gasteiger partial charge on any atom is 0.387 e. The molecule has 1 aromatic heterocycles. The fraction of sp³-hybridized carbons (Fsp3) is 0.441. The van der Waals surface area contributed by atoms with E-state index in [-0.39, 0.29) is 40.9 Å². The average molecular weight is 626 g/mol. The summed E-state index contributed by atoms with van der Waals surface area (Å²) in [6.07, 6.45) is 2.21. The predicted octanol–water partition coefficient (Wildman–Crippen LogP) is 7.09. The van der Waals surface area contributed by atoms with Crippen LogP contribution in [0.4, 0.5) is 27.6 Å². The molecule has 2 saturated carbocycles. The van der Waals surface area contributed by atoms with E-state index in [1.165, 1.54) is 18.3 Å². The number of benzene rings is 2. The fourth-order valence-electron chi connectivity index (χ4n) is 8.04. The van der Waals surface area contributed by atoms with Crippen molar-refractivity contribution < 1.29 is 36.6 Å². The Balaban J connectivity index is 1.21. The Morgan fingerprint density at radius 3 is 2.53 bits per heavy atom. The van der Waals surface area contributed by atoms with E-state index in [9.17, 15) is 27.5 Å². The van der Waals surface area contributed by atoms with Gasteiger partial charge in [0.15, 0.2) is 5.78 Å². The van der Waals surface area contributed by atoms with Crippen LogP contribution in [0.2, 0.25) is 0 Å². The second-order valence-electron chi connectivity index (χ2n) is 13.3. The van der Waals surface area contributed by atoms with Gasteiger partial charge in [-0.1, -0.05) is 25.1 Å². The normalized spacial score (nSPS) is 30.4. The molecule has 4 aliphatic rings. The van der Waals surface area contributed by atoms with Crippen molar-refractivity contribution >= 4 is 17.2 Å². The third-order valence-corrected chi connectivity index (χ3v) is 10.3. The van der Waals surface area contributed by atoms with Gasteiger partial charge in [0.05, 0.1) is 16.9 Å². The van der Waals surface area contributed by atoms with Crippen LogP contribution >= 0.6 is 0 Å². The Morgan fingerprint density at radius 1 is 1.09 bits per heavy atom. The highest BCUT2D eigenvalue weighted by molar-refractivity contribution is 6.03. The van der Waals surface area contributed by atoms with Crippen molar-refractivity contribution in [2.24, 2.45) is 28.5 Å². The molecule has 2 fully saturated rings. The van der Waals surface area contributed by atoms with Gasteiger partial charge in [0.1, 0.15) is 17.2 Å². The van der Waals surface area contributed by atoms with Crippen molar-refractivity contribution in [2.45, 2.75) is 75.5 Å². The summed E-state index contributed by atoms with van der Waals surface area (Å²) in [5, 5.41) is 10.2. The van der Waals surface area contributed by atoms with Crippen LogP contribution in [0.3, 0.4) is 0 Å². The van der Waals surface area contributed by atoms with Crippen molar-refractivity contribution in [3.8, 4) is 16.9 Å². The van der Waals surface area contributed by atoms with Crippen molar-refractivity contribution in [1.82, 2.24) is 4.98 Å². The van der Waals surface area contributed by atoms with Gasteiger partial charge in [-0.2, -0.15) is 8.78 Å². The summed E-state index contributed by atoms with van der Waals surface area (Å²) in [6, 6.07) is 11.5. The molecule has 0 amide bonds.